The molecule has 0 spiro atoms. The largest absolute Gasteiger partial charge is 0.293 e. The molecule has 0 heterocycles. The fourth-order valence-corrected chi connectivity index (χ4v) is 1.63. The lowest BCUT2D eigenvalue weighted by Gasteiger charge is -1.99. The maximum atomic E-state index is 12.5. The van der Waals surface area contributed by atoms with Gasteiger partial charge in [0.05, 0.1) is 5.75 Å². The molecule has 0 N–H and O–H groups in total. The lowest BCUT2D eigenvalue weighted by Crippen LogP contribution is -2.11. The van der Waals surface area contributed by atoms with E-state index in [1.165, 1.54) is 24.3 Å². The predicted octanol–water partition coefficient (Wildman–Crippen LogP) is 1.78. The van der Waals surface area contributed by atoms with Crippen LogP contribution in [0.5, 0.6) is 0 Å². The molecule has 0 saturated carbocycles. The van der Waals surface area contributed by atoms with Crippen molar-refractivity contribution in [1.82, 2.24) is 0 Å². The van der Waals surface area contributed by atoms with E-state index >= 15 is 0 Å². The number of ketones is 1. The molecule has 76 valence electrons. The van der Waals surface area contributed by atoms with E-state index < -0.39 is 10.8 Å². The molecule has 1 rings (SSSR count). The molecule has 0 aliphatic carbocycles. The van der Waals surface area contributed by atoms with Crippen molar-refractivity contribution in [3.63, 3.8) is 0 Å². The molecule has 0 aliphatic rings. The summed E-state index contributed by atoms with van der Waals surface area (Å²) >= 11 is 0. The number of halogens is 1. The molecule has 0 amide bonds. The lowest BCUT2D eigenvalue weighted by molar-refractivity contribution is 0.102. The normalized spacial score (nSPS) is 12.4. The Hall–Kier alpha value is -1.03. The van der Waals surface area contributed by atoms with Gasteiger partial charge in [0.2, 0.25) is 0 Å². The maximum Gasteiger partial charge on any atom is 0.175 e. The third-order valence-electron chi connectivity index (χ3n) is 1.78. The molecule has 1 aromatic carbocycles. The van der Waals surface area contributed by atoms with Crippen LogP contribution in [-0.2, 0) is 10.8 Å². The number of rotatable bonds is 4. The summed E-state index contributed by atoms with van der Waals surface area (Å²) in [5.41, 5.74) is 0.410. The van der Waals surface area contributed by atoms with Gasteiger partial charge in [0.1, 0.15) is 5.82 Å². The van der Waals surface area contributed by atoms with Crippen molar-refractivity contribution < 1.29 is 13.4 Å². The Bertz CT molecular complexity index is 346. The van der Waals surface area contributed by atoms with E-state index in [1.54, 1.807) is 6.92 Å². The molecule has 0 saturated heterocycles. The minimum absolute atomic E-state index is 0.0160. The first-order valence-electron chi connectivity index (χ1n) is 4.27. The Balaban J connectivity index is 2.70. The summed E-state index contributed by atoms with van der Waals surface area (Å²) in [6, 6.07) is 5.26. The van der Waals surface area contributed by atoms with Crippen LogP contribution in [0.2, 0.25) is 0 Å². The summed E-state index contributed by atoms with van der Waals surface area (Å²) in [6.45, 7) is 1.76. The monoisotopic (exact) mass is 214 g/mol. The summed E-state index contributed by atoms with van der Waals surface area (Å²) in [4.78, 5) is 11.4. The molecule has 4 heteroatoms. The van der Waals surface area contributed by atoms with Gasteiger partial charge in [-0.15, -0.1) is 0 Å². The van der Waals surface area contributed by atoms with Crippen LogP contribution in [0.4, 0.5) is 4.39 Å². The number of hydrogen-bond donors (Lipinski definition) is 0. The zero-order chi connectivity index (χ0) is 10.6. The Kier molecular flexibility index (Phi) is 3.95. The Morgan fingerprint density at radius 1 is 1.36 bits per heavy atom. The summed E-state index contributed by atoms with van der Waals surface area (Å²) in [5.74, 6) is -0.0990. The summed E-state index contributed by atoms with van der Waals surface area (Å²) in [5, 5.41) is 0. The van der Waals surface area contributed by atoms with Crippen LogP contribution in [0.3, 0.4) is 0 Å². The first-order valence-corrected chi connectivity index (χ1v) is 5.76. The number of carbonyl (C=O) groups is 1. The van der Waals surface area contributed by atoms with Crippen molar-refractivity contribution in [3.05, 3.63) is 35.6 Å². The highest BCUT2D eigenvalue weighted by Crippen LogP contribution is 2.04. The van der Waals surface area contributed by atoms with Gasteiger partial charge in [-0.2, -0.15) is 0 Å². The number of hydrogen-bond acceptors (Lipinski definition) is 2. The zero-order valence-electron chi connectivity index (χ0n) is 7.83. The quantitative estimate of drug-likeness (QED) is 0.716. The summed E-state index contributed by atoms with van der Waals surface area (Å²) in [6.07, 6.45) is 0. The maximum absolute atomic E-state index is 12.5. The van der Waals surface area contributed by atoms with E-state index in [2.05, 4.69) is 0 Å². The fraction of sp³-hybridized carbons (Fsp3) is 0.300. The molecular weight excluding hydrogens is 203 g/mol. The van der Waals surface area contributed by atoms with Gasteiger partial charge in [-0.1, -0.05) is 6.92 Å². The van der Waals surface area contributed by atoms with Crippen LogP contribution in [0.25, 0.3) is 0 Å². The van der Waals surface area contributed by atoms with Crippen molar-refractivity contribution in [2.24, 2.45) is 0 Å². The van der Waals surface area contributed by atoms with E-state index in [4.69, 9.17) is 0 Å². The van der Waals surface area contributed by atoms with Crippen LogP contribution in [0, 0.1) is 5.82 Å². The molecule has 14 heavy (non-hydrogen) atoms. The molecule has 1 unspecified atom stereocenters. The second kappa shape index (κ2) is 5.00. The smallest absolute Gasteiger partial charge is 0.175 e. The fourth-order valence-electron chi connectivity index (χ4n) is 0.967. The highest BCUT2D eigenvalue weighted by Gasteiger charge is 2.08. The van der Waals surface area contributed by atoms with Crippen molar-refractivity contribution in [2.45, 2.75) is 6.92 Å². The molecule has 0 aliphatic heterocycles. The third kappa shape index (κ3) is 3.03. The second-order valence-electron chi connectivity index (χ2n) is 2.80. The SMILES string of the molecule is CCS(=O)CC(=O)c1ccc(F)cc1. The highest BCUT2D eigenvalue weighted by molar-refractivity contribution is 7.85. The van der Waals surface area contributed by atoms with Gasteiger partial charge in [-0.3, -0.25) is 9.00 Å². The van der Waals surface area contributed by atoms with Gasteiger partial charge >= 0.3 is 0 Å². The average Bonchev–Trinajstić information content (AvgIpc) is 2.18. The van der Waals surface area contributed by atoms with Crippen LogP contribution < -0.4 is 0 Å². The van der Waals surface area contributed by atoms with E-state index in [-0.39, 0.29) is 17.4 Å². The van der Waals surface area contributed by atoms with Crippen molar-refractivity contribution in [3.8, 4) is 0 Å². The average molecular weight is 214 g/mol. The lowest BCUT2D eigenvalue weighted by atomic mass is 10.1. The minimum Gasteiger partial charge on any atom is -0.293 e. The van der Waals surface area contributed by atoms with Crippen molar-refractivity contribution in [1.29, 1.82) is 0 Å². The van der Waals surface area contributed by atoms with E-state index in [9.17, 15) is 13.4 Å². The summed E-state index contributed by atoms with van der Waals surface area (Å²) < 4.78 is 23.6. The summed E-state index contributed by atoms with van der Waals surface area (Å²) in [7, 11) is -1.11. The standard InChI is InChI=1S/C10H11FO2S/c1-2-14(13)7-10(12)8-3-5-9(11)6-4-8/h3-6H,2,7H2,1H3. The number of benzene rings is 1. The first kappa shape index (κ1) is 11.0. The zero-order valence-corrected chi connectivity index (χ0v) is 8.64. The Morgan fingerprint density at radius 3 is 2.43 bits per heavy atom. The third-order valence-corrected chi connectivity index (χ3v) is 3.01. The molecule has 0 bridgehead atoms. The highest BCUT2D eigenvalue weighted by atomic mass is 32.2. The van der Waals surface area contributed by atoms with Crippen LogP contribution in [0.1, 0.15) is 17.3 Å². The van der Waals surface area contributed by atoms with Gasteiger partial charge in [-0.25, -0.2) is 4.39 Å². The van der Waals surface area contributed by atoms with Crippen molar-refractivity contribution in [2.75, 3.05) is 11.5 Å². The Labute approximate surface area is 84.6 Å². The van der Waals surface area contributed by atoms with E-state index in [1.807, 2.05) is 0 Å². The van der Waals surface area contributed by atoms with Gasteiger partial charge < -0.3 is 0 Å². The molecule has 0 radical (unpaired) electrons. The molecule has 1 atom stereocenters. The predicted molar refractivity (Wildman–Crippen MR) is 54.3 cm³/mol. The van der Waals surface area contributed by atoms with E-state index in [0.29, 0.717) is 11.3 Å². The first-order chi connectivity index (χ1) is 6.63. The number of Topliss-reactive ketones (excluding diaryl/α,β-unsaturated/α-hetero) is 1. The van der Waals surface area contributed by atoms with Crippen LogP contribution in [-0.4, -0.2) is 21.5 Å². The molecular formula is C10H11FO2S. The van der Waals surface area contributed by atoms with Gasteiger partial charge in [0, 0.05) is 22.1 Å². The molecule has 2 nitrogen and oxygen atoms in total. The van der Waals surface area contributed by atoms with Crippen LogP contribution >= 0.6 is 0 Å². The van der Waals surface area contributed by atoms with Crippen LogP contribution in [0.15, 0.2) is 24.3 Å². The second-order valence-corrected chi connectivity index (χ2v) is 4.55. The topological polar surface area (TPSA) is 34.1 Å². The van der Waals surface area contributed by atoms with Gasteiger partial charge in [0.25, 0.3) is 0 Å². The van der Waals surface area contributed by atoms with Gasteiger partial charge in [-0.05, 0) is 24.3 Å². The Morgan fingerprint density at radius 2 is 1.93 bits per heavy atom. The molecule has 0 fully saturated rings. The number of carbonyl (C=O) groups excluding carboxylic acids is 1. The molecule has 0 aromatic heterocycles. The van der Waals surface area contributed by atoms with Gasteiger partial charge in [0.15, 0.2) is 5.78 Å². The van der Waals surface area contributed by atoms with Crippen molar-refractivity contribution >= 4 is 16.6 Å². The van der Waals surface area contributed by atoms with E-state index in [0.717, 1.165) is 0 Å². The minimum atomic E-state index is -1.11. The molecule has 1 aromatic rings.